The Morgan fingerprint density at radius 3 is 1.56 bits per heavy atom. The van der Waals surface area contributed by atoms with E-state index in [2.05, 4.69) is 54.1 Å². The van der Waals surface area contributed by atoms with Crippen LogP contribution < -0.4 is 16.0 Å². The Balaban J connectivity index is 0.988. The number of unbranched alkanes of at least 4 members (excludes halogenated alkanes) is 7. The van der Waals surface area contributed by atoms with E-state index < -0.39 is 17.9 Å². The molecule has 7 atom stereocenters. The molecule has 0 radical (unpaired) electrons. The number of rotatable bonds is 20. The lowest BCUT2D eigenvalue weighted by Crippen LogP contribution is -2.61. The highest BCUT2D eigenvalue weighted by Crippen LogP contribution is 2.42. The SMILES string of the molecule is CCCCCCCC(=O)N1CCN(C(=O)c2ccc(C(=O)N3C[C@@H](C(=O)N[C@H]4C[C@@H]4c4ccccc4)[C@H](C(=O)N[C@H]4C[C@@H]4c4ccccc4)C3)cc2)CC1C(=O)NCCCCCC. The second kappa shape index (κ2) is 21.7. The molecule has 6 amide bonds. The number of piperazine rings is 1. The molecule has 4 fully saturated rings. The lowest BCUT2D eigenvalue weighted by Gasteiger charge is -2.40. The predicted octanol–water partition coefficient (Wildman–Crippen LogP) is 6.43. The molecule has 3 N–H and O–H groups in total. The first kappa shape index (κ1) is 45.5. The minimum absolute atomic E-state index is 0.0201. The summed E-state index contributed by atoms with van der Waals surface area (Å²) in [6.07, 6.45) is 11.2. The number of hydrogen-bond donors (Lipinski definition) is 3. The van der Waals surface area contributed by atoms with Crippen LogP contribution >= 0.6 is 0 Å². The van der Waals surface area contributed by atoms with Crippen molar-refractivity contribution in [2.45, 2.75) is 121 Å². The van der Waals surface area contributed by atoms with Crippen molar-refractivity contribution in [2.24, 2.45) is 11.8 Å². The number of carbonyl (C=O) groups is 6. The molecule has 0 bridgehead atoms. The Kier molecular flexibility index (Phi) is 15.7. The number of likely N-dealkylation sites (tertiary alicyclic amines) is 1. The van der Waals surface area contributed by atoms with Gasteiger partial charge in [0, 0.05) is 74.2 Å². The summed E-state index contributed by atoms with van der Waals surface area (Å²) in [4.78, 5) is 87.7. The second-order valence-corrected chi connectivity index (χ2v) is 18.1. The van der Waals surface area contributed by atoms with Crippen molar-refractivity contribution >= 4 is 35.4 Å². The van der Waals surface area contributed by atoms with Gasteiger partial charge in [0.25, 0.3) is 11.8 Å². The first-order valence-corrected chi connectivity index (χ1v) is 23.6. The summed E-state index contributed by atoms with van der Waals surface area (Å²) in [7, 11) is 0. The number of nitrogens with zero attached hydrogens (tertiary/aromatic N) is 3. The molecule has 7 rings (SSSR count). The fraction of sp³-hybridized carbons (Fsp3) is 0.529. The van der Waals surface area contributed by atoms with Crippen molar-refractivity contribution in [3.63, 3.8) is 0 Å². The zero-order chi connectivity index (χ0) is 44.3. The molecular weight excluding hydrogens is 793 g/mol. The normalized spacial score (nSPS) is 23.8. The van der Waals surface area contributed by atoms with Crippen molar-refractivity contribution in [2.75, 3.05) is 39.3 Å². The van der Waals surface area contributed by atoms with E-state index in [-0.39, 0.29) is 85.5 Å². The molecule has 0 spiro atoms. The lowest BCUT2D eigenvalue weighted by atomic mass is 9.94. The maximum absolute atomic E-state index is 14.1. The average molecular weight is 859 g/mol. The predicted molar refractivity (Wildman–Crippen MR) is 243 cm³/mol. The summed E-state index contributed by atoms with van der Waals surface area (Å²) in [6, 6.07) is 25.8. The van der Waals surface area contributed by atoms with Gasteiger partial charge >= 0.3 is 0 Å². The minimum Gasteiger partial charge on any atom is -0.354 e. The maximum Gasteiger partial charge on any atom is 0.253 e. The van der Waals surface area contributed by atoms with Crippen LogP contribution in [0, 0.1) is 11.8 Å². The molecule has 4 aliphatic rings. The third-order valence-corrected chi connectivity index (χ3v) is 13.5. The van der Waals surface area contributed by atoms with Crippen LogP contribution in [0.2, 0.25) is 0 Å². The Bertz CT molecular complexity index is 1970. The van der Waals surface area contributed by atoms with Gasteiger partial charge in [0.1, 0.15) is 6.04 Å². The van der Waals surface area contributed by atoms with Crippen molar-refractivity contribution in [1.29, 1.82) is 0 Å². The van der Waals surface area contributed by atoms with E-state index in [0.717, 1.165) is 70.6 Å². The van der Waals surface area contributed by atoms with Crippen LogP contribution in [-0.4, -0.2) is 108 Å². The standard InChI is InChI=1S/C51H66N6O6/c1-3-5-7-9-16-22-46(58)57-29-28-55(34-45(57)49(61)52-27-17-8-6-4-2)50(62)37-23-25-38(26-24-37)51(63)56-32-41(47(59)53-43-30-39(43)35-18-12-10-13-19-35)42(33-56)48(60)54-44-31-40(44)36-20-14-11-15-21-36/h10-15,18-21,23-26,39-45H,3-9,16-17,22,27-34H2,1-2H3,(H,52,61)(H,53,59)(H,54,60)/t39-,40-,41-,42-,43+,44+,45?/m1/s1. The quantitative estimate of drug-likeness (QED) is 0.112. The molecule has 1 unspecified atom stereocenters. The van der Waals surface area contributed by atoms with Gasteiger partial charge in [0.15, 0.2) is 0 Å². The van der Waals surface area contributed by atoms with Gasteiger partial charge in [-0.15, -0.1) is 0 Å². The smallest absolute Gasteiger partial charge is 0.253 e. The lowest BCUT2D eigenvalue weighted by molar-refractivity contribution is -0.143. The van der Waals surface area contributed by atoms with Crippen LogP contribution in [0.25, 0.3) is 0 Å². The van der Waals surface area contributed by atoms with Gasteiger partial charge in [-0.25, -0.2) is 0 Å². The van der Waals surface area contributed by atoms with Crippen LogP contribution in [-0.2, 0) is 19.2 Å². The van der Waals surface area contributed by atoms with Crippen LogP contribution in [0.3, 0.4) is 0 Å². The zero-order valence-corrected chi connectivity index (χ0v) is 37.1. The van der Waals surface area contributed by atoms with E-state index in [1.807, 2.05) is 36.4 Å². The fourth-order valence-electron chi connectivity index (χ4n) is 9.44. The molecule has 63 heavy (non-hydrogen) atoms. The molecule has 2 heterocycles. The van der Waals surface area contributed by atoms with Crippen molar-refractivity contribution in [3.05, 3.63) is 107 Å². The number of amides is 6. The van der Waals surface area contributed by atoms with Crippen molar-refractivity contribution in [1.82, 2.24) is 30.7 Å². The third kappa shape index (κ3) is 11.7. The molecule has 2 saturated heterocycles. The van der Waals surface area contributed by atoms with E-state index >= 15 is 0 Å². The number of carbonyl (C=O) groups excluding carboxylic acids is 6. The molecule has 336 valence electrons. The van der Waals surface area contributed by atoms with E-state index in [9.17, 15) is 28.8 Å². The molecule has 2 aliphatic carbocycles. The fourth-order valence-corrected chi connectivity index (χ4v) is 9.44. The number of hydrogen-bond acceptors (Lipinski definition) is 6. The molecule has 12 nitrogen and oxygen atoms in total. The van der Waals surface area contributed by atoms with Crippen molar-refractivity contribution < 1.29 is 28.8 Å². The minimum atomic E-state index is -0.781. The highest BCUT2D eigenvalue weighted by Gasteiger charge is 2.49. The monoisotopic (exact) mass is 859 g/mol. The van der Waals surface area contributed by atoms with Crippen LogP contribution in [0.5, 0.6) is 0 Å². The summed E-state index contributed by atoms with van der Waals surface area (Å²) in [6.45, 7) is 5.66. The topological polar surface area (TPSA) is 148 Å². The molecule has 3 aromatic rings. The highest BCUT2D eigenvalue weighted by atomic mass is 16.2. The Hall–Kier alpha value is -5.52. The molecule has 12 heteroatoms. The largest absolute Gasteiger partial charge is 0.354 e. The summed E-state index contributed by atoms with van der Waals surface area (Å²) in [5.74, 6) is -2.31. The number of nitrogens with one attached hydrogen (secondary N) is 3. The highest BCUT2D eigenvalue weighted by molar-refractivity contribution is 6.00. The van der Waals surface area contributed by atoms with E-state index in [0.29, 0.717) is 30.6 Å². The van der Waals surface area contributed by atoms with Crippen LogP contribution in [0.15, 0.2) is 84.9 Å². The van der Waals surface area contributed by atoms with Gasteiger partial charge in [-0.05, 0) is 61.1 Å². The summed E-state index contributed by atoms with van der Waals surface area (Å²) in [5.41, 5.74) is 3.05. The van der Waals surface area contributed by atoms with Gasteiger partial charge in [0.2, 0.25) is 23.6 Å². The molecule has 0 aromatic heterocycles. The van der Waals surface area contributed by atoms with Crippen LogP contribution in [0.1, 0.15) is 135 Å². The Labute approximate surface area is 372 Å². The summed E-state index contributed by atoms with van der Waals surface area (Å²) < 4.78 is 0. The first-order valence-electron chi connectivity index (χ1n) is 23.6. The van der Waals surface area contributed by atoms with Gasteiger partial charge in [0.05, 0.1) is 18.4 Å². The van der Waals surface area contributed by atoms with E-state index in [4.69, 9.17) is 0 Å². The molecule has 2 aliphatic heterocycles. The van der Waals surface area contributed by atoms with E-state index in [1.54, 1.807) is 39.0 Å². The average Bonchev–Trinajstić information content (AvgIpc) is 4.23. The summed E-state index contributed by atoms with van der Waals surface area (Å²) >= 11 is 0. The van der Waals surface area contributed by atoms with Crippen molar-refractivity contribution in [3.8, 4) is 0 Å². The van der Waals surface area contributed by atoms with Gasteiger partial charge in [-0.3, -0.25) is 28.8 Å². The van der Waals surface area contributed by atoms with E-state index in [1.165, 1.54) is 11.1 Å². The van der Waals surface area contributed by atoms with Crippen LogP contribution in [0.4, 0.5) is 0 Å². The molecule has 3 aromatic carbocycles. The Morgan fingerprint density at radius 1 is 0.540 bits per heavy atom. The Morgan fingerprint density at radius 2 is 1.03 bits per heavy atom. The third-order valence-electron chi connectivity index (χ3n) is 13.5. The maximum atomic E-state index is 14.1. The van der Waals surface area contributed by atoms with Gasteiger partial charge in [-0.1, -0.05) is 119 Å². The van der Waals surface area contributed by atoms with Gasteiger partial charge < -0.3 is 30.7 Å². The van der Waals surface area contributed by atoms with Gasteiger partial charge in [-0.2, -0.15) is 0 Å². The molecular formula is C51H66N6O6. The zero-order valence-electron chi connectivity index (χ0n) is 37.1. The molecule has 2 saturated carbocycles. The summed E-state index contributed by atoms with van der Waals surface area (Å²) in [5, 5.41) is 9.40. The number of benzene rings is 3. The second-order valence-electron chi connectivity index (χ2n) is 18.1. The first-order chi connectivity index (χ1) is 30.7.